The van der Waals surface area contributed by atoms with Crippen molar-refractivity contribution < 1.29 is 0 Å². The summed E-state index contributed by atoms with van der Waals surface area (Å²) in [4.78, 5) is 4.49. The van der Waals surface area contributed by atoms with Crippen LogP contribution in [-0.4, -0.2) is 20.6 Å². The second kappa shape index (κ2) is 5.22. The maximum absolute atomic E-state index is 7.69. The van der Waals surface area contributed by atoms with Gasteiger partial charge in [0.1, 0.15) is 11.7 Å². The fourth-order valence-corrected chi connectivity index (χ4v) is 2.01. The maximum Gasteiger partial charge on any atom is 0.151 e. The zero-order valence-corrected chi connectivity index (χ0v) is 11.6. The smallest absolute Gasteiger partial charge is 0.151 e. The van der Waals surface area contributed by atoms with E-state index in [9.17, 15) is 0 Å². The summed E-state index contributed by atoms with van der Waals surface area (Å²) < 4.78 is 1.81. The minimum atomic E-state index is 0.0469. The van der Waals surface area contributed by atoms with Crippen LogP contribution in [0.15, 0.2) is 18.2 Å². The highest BCUT2D eigenvalue weighted by molar-refractivity contribution is 5.98. The zero-order valence-electron chi connectivity index (χ0n) is 11.6. The number of hydrogen-bond acceptors (Lipinski definition) is 3. The summed E-state index contributed by atoms with van der Waals surface area (Å²) in [5.74, 6) is 1.75. The Bertz CT molecular complexity index is 612. The number of nitrogens with one attached hydrogen (secondary N) is 1. The van der Waals surface area contributed by atoms with E-state index in [1.54, 1.807) is 0 Å². The van der Waals surface area contributed by atoms with Crippen LogP contribution in [0.25, 0.3) is 5.69 Å². The highest BCUT2D eigenvalue weighted by Crippen LogP contribution is 2.18. The lowest BCUT2D eigenvalue weighted by Gasteiger charge is -2.11. The topological polar surface area (TPSA) is 80.6 Å². The quantitative estimate of drug-likeness (QED) is 0.649. The van der Waals surface area contributed by atoms with Crippen LogP contribution in [0.1, 0.15) is 36.6 Å². The molecule has 0 saturated heterocycles. The molecule has 0 aliphatic heterocycles. The van der Waals surface area contributed by atoms with Gasteiger partial charge in [-0.3, -0.25) is 5.41 Å². The van der Waals surface area contributed by atoms with Crippen LogP contribution in [0.3, 0.4) is 0 Å². The van der Waals surface area contributed by atoms with E-state index in [1.165, 1.54) is 0 Å². The van der Waals surface area contributed by atoms with Crippen LogP contribution >= 0.6 is 0 Å². The maximum atomic E-state index is 7.69. The van der Waals surface area contributed by atoms with E-state index < -0.39 is 0 Å². The molecule has 0 saturated carbocycles. The molecule has 0 bridgehead atoms. The van der Waals surface area contributed by atoms with Gasteiger partial charge in [0, 0.05) is 18.4 Å². The molecule has 1 heterocycles. The van der Waals surface area contributed by atoms with Gasteiger partial charge in [0.2, 0.25) is 0 Å². The van der Waals surface area contributed by atoms with E-state index in [2.05, 4.69) is 10.1 Å². The predicted octanol–water partition coefficient (Wildman–Crippen LogP) is 1.98. The third-order valence-electron chi connectivity index (χ3n) is 3.02. The number of nitrogens with zero attached hydrogens (tertiary/aromatic N) is 3. The lowest BCUT2D eigenvalue weighted by Crippen LogP contribution is -2.16. The summed E-state index contributed by atoms with van der Waals surface area (Å²) in [6, 6.07) is 5.80. The van der Waals surface area contributed by atoms with Crippen molar-refractivity contribution in [2.45, 2.75) is 33.6 Å². The van der Waals surface area contributed by atoms with Crippen LogP contribution in [0, 0.1) is 12.3 Å². The van der Waals surface area contributed by atoms with Crippen molar-refractivity contribution in [2.75, 3.05) is 0 Å². The van der Waals surface area contributed by atoms with E-state index in [-0.39, 0.29) is 5.84 Å². The standard InChI is InChI=1S/C14H19N5/c1-4-12-17-13(5-2)19(18-12)11-8-9(3)6-7-10(11)14(15)16/h6-8H,4-5H2,1-3H3,(H3,15,16). The van der Waals surface area contributed by atoms with Crippen LogP contribution in [0.5, 0.6) is 0 Å². The lowest BCUT2D eigenvalue weighted by molar-refractivity contribution is 0.788. The number of nitrogen functional groups attached to an aromatic ring is 1. The molecule has 5 nitrogen and oxygen atoms in total. The lowest BCUT2D eigenvalue weighted by atomic mass is 10.1. The molecular formula is C14H19N5. The van der Waals surface area contributed by atoms with Crippen molar-refractivity contribution in [3.63, 3.8) is 0 Å². The molecule has 0 aliphatic rings. The molecule has 2 rings (SSSR count). The first-order chi connectivity index (χ1) is 9.06. The third-order valence-corrected chi connectivity index (χ3v) is 3.02. The Morgan fingerprint density at radius 2 is 2.05 bits per heavy atom. The van der Waals surface area contributed by atoms with Gasteiger partial charge < -0.3 is 5.73 Å². The van der Waals surface area contributed by atoms with E-state index in [1.807, 2.05) is 43.7 Å². The van der Waals surface area contributed by atoms with Gasteiger partial charge in [0.25, 0.3) is 0 Å². The van der Waals surface area contributed by atoms with Gasteiger partial charge >= 0.3 is 0 Å². The summed E-state index contributed by atoms with van der Waals surface area (Å²) in [6.45, 7) is 6.08. The number of hydrogen-bond donors (Lipinski definition) is 2. The minimum Gasteiger partial charge on any atom is -0.384 e. The summed E-state index contributed by atoms with van der Waals surface area (Å²) in [5.41, 5.74) is 8.28. The first-order valence-electron chi connectivity index (χ1n) is 6.47. The summed E-state index contributed by atoms with van der Waals surface area (Å²) in [6.07, 6.45) is 1.58. The number of benzene rings is 1. The molecule has 19 heavy (non-hydrogen) atoms. The normalized spacial score (nSPS) is 10.7. The molecule has 0 unspecified atom stereocenters. The number of amidine groups is 1. The fourth-order valence-electron chi connectivity index (χ4n) is 2.01. The van der Waals surface area contributed by atoms with Crippen molar-refractivity contribution in [1.82, 2.24) is 14.8 Å². The van der Waals surface area contributed by atoms with E-state index >= 15 is 0 Å². The van der Waals surface area contributed by atoms with Crippen LogP contribution in [-0.2, 0) is 12.8 Å². The molecule has 1 aromatic heterocycles. The highest BCUT2D eigenvalue weighted by Gasteiger charge is 2.14. The molecular weight excluding hydrogens is 238 g/mol. The minimum absolute atomic E-state index is 0.0469. The second-order valence-electron chi connectivity index (χ2n) is 4.50. The Morgan fingerprint density at radius 3 is 2.63 bits per heavy atom. The van der Waals surface area contributed by atoms with Gasteiger partial charge in [-0.25, -0.2) is 9.67 Å². The second-order valence-corrected chi connectivity index (χ2v) is 4.50. The van der Waals surface area contributed by atoms with Gasteiger partial charge in [-0.2, -0.15) is 5.10 Å². The van der Waals surface area contributed by atoms with Gasteiger partial charge in [-0.1, -0.05) is 19.9 Å². The SMILES string of the molecule is CCc1nc(CC)n(-c2cc(C)ccc2C(=N)N)n1. The third kappa shape index (κ3) is 2.50. The number of nitrogens with two attached hydrogens (primary N) is 1. The number of aromatic nitrogens is 3. The molecule has 0 amide bonds. The first kappa shape index (κ1) is 13.3. The Hall–Kier alpha value is -2.17. The summed E-state index contributed by atoms with van der Waals surface area (Å²) in [5, 5.41) is 12.2. The van der Waals surface area contributed by atoms with Crippen molar-refractivity contribution in [1.29, 1.82) is 5.41 Å². The van der Waals surface area contributed by atoms with Gasteiger partial charge in [0.15, 0.2) is 5.82 Å². The molecule has 0 radical (unpaired) electrons. The van der Waals surface area contributed by atoms with Gasteiger partial charge in [0.05, 0.1) is 5.69 Å². The number of aryl methyl sites for hydroxylation is 3. The fraction of sp³-hybridized carbons (Fsp3) is 0.357. The van der Waals surface area contributed by atoms with Gasteiger partial charge in [-0.05, 0) is 24.6 Å². The van der Waals surface area contributed by atoms with E-state index in [0.717, 1.165) is 35.7 Å². The Kier molecular flexibility index (Phi) is 3.64. The molecule has 2 aromatic rings. The van der Waals surface area contributed by atoms with Crippen molar-refractivity contribution in [3.8, 4) is 5.69 Å². The molecule has 0 spiro atoms. The Balaban J connectivity index is 2.66. The molecule has 3 N–H and O–H groups in total. The molecule has 0 fully saturated rings. The molecule has 5 heteroatoms. The van der Waals surface area contributed by atoms with E-state index in [0.29, 0.717) is 5.56 Å². The van der Waals surface area contributed by atoms with Crippen molar-refractivity contribution in [2.24, 2.45) is 5.73 Å². The zero-order chi connectivity index (χ0) is 14.0. The highest BCUT2D eigenvalue weighted by atomic mass is 15.4. The van der Waals surface area contributed by atoms with Crippen LogP contribution < -0.4 is 5.73 Å². The molecule has 0 aliphatic carbocycles. The first-order valence-corrected chi connectivity index (χ1v) is 6.47. The average molecular weight is 257 g/mol. The van der Waals surface area contributed by atoms with Crippen LogP contribution in [0.4, 0.5) is 0 Å². The average Bonchev–Trinajstić information content (AvgIpc) is 2.81. The largest absolute Gasteiger partial charge is 0.384 e. The number of rotatable bonds is 4. The van der Waals surface area contributed by atoms with E-state index in [4.69, 9.17) is 11.1 Å². The predicted molar refractivity (Wildman–Crippen MR) is 75.9 cm³/mol. The molecule has 0 atom stereocenters. The molecule has 1 aromatic carbocycles. The van der Waals surface area contributed by atoms with Crippen LogP contribution in [0.2, 0.25) is 0 Å². The van der Waals surface area contributed by atoms with Crippen molar-refractivity contribution >= 4 is 5.84 Å². The Morgan fingerprint density at radius 1 is 1.32 bits per heavy atom. The Labute approximate surface area is 113 Å². The van der Waals surface area contributed by atoms with Gasteiger partial charge in [-0.15, -0.1) is 0 Å². The van der Waals surface area contributed by atoms with Crippen molar-refractivity contribution in [3.05, 3.63) is 41.0 Å². The molecule has 100 valence electrons. The summed E-state index contributed by atoms with van der Waals surface area (Å²) in [7, 11) is 0. The monoisotopic (exact) mass is 257 g/mol. The summed E-state index contributed by atoms with van der Waals surface area (Å²) >= 11 is 0.